The first-order valence-corrected chi connectivity index (χ1v) is 14.7. The lowest BCUT2D eigenvalue weighted by Crippen LogP contribution is -2.21. The number of carbonyl (C=O) groups excluding carboxylic acids is 2. The molecule has 0 bridgehead atoms. The molecule has 0 radical (unpaired) electrons. The van der Waals surface area contributed by atoms with E-state index in [2.05, 4.69) is 4.74 Å². The number of halogens is 2. The van der Waals surface area contributed by atoms with Crippen LogP contribution in [0.2, 0.25) is 0 Å². The monoisotopic (exact) mass is 528 g/mol. The van der Waals surface area contributed by atoms with Gasteiger partial charge in [-0.3, -0.25) is 14.1 Å². The minimum absolute atomic E-state index is 0.215. The van der Waals surface area contributed by atoms with Crippen LogP contribution in [0.5, 0.6) is 0 Å². The molecule has 0 aliphatic rings. The summed E-state index contributed by atoms with van der Waals surface area (Å²) in [5.41, 5.74) is 0. The number of unbranched alkanes of at least 4 members (excludes halogenated alkanes) is 15. The third kappa shape index (κ3) is 28.8. The van der Waals surface area contributed by atoms with Gasteiger partial charge in [0.25, 0.3) is 16.0 Å². The van der Waals surface area contributed by atoms with Gasteiger partial charge in [-0.15, -0.1) is 0 Å². The zero-order chi connectivity index (χ0) is 26.4. The fourth-order valence-corrected chi connectivity index (χ4v) is 3.92. The third-order valence-corrected chi connectivity index (χ3v) is 6.29. The zero-order valence-electron chi connectivity index (χ0n) is 21.4. The van der Waals surface area contributed by atoms with E-state index in [4.69, 9.17) is 9.29 Å². The summed E-state index contributed by atoms with van der Waals surface area (Å²) in [5.74, 6) is -4.48. The van der Waals surface area contributed by atoms with Crippen molar-refractivity contribution in [2.75, 3.05) is 19.0 Å². The number of alkyl halides is 2. The van der Waals surface area contributed by atoms with Crippen LogP contribution in [0.25, 0.3) is 0 Å². The Morgan fingerprint density at radius 3 is 1.29 bits per heavy atom. The summed E-state index contributed by atoms with van der Waals surface area (Å²) in [6.45, 7) is -0.399. The van der Waals surface area contributed by atoms with Gasteiger partial charge >= 0.3 is 11.9 Å². The van der Waals surface area contributed by atoms with E-state index in [0.29, 0.717) is 6.42 Å². The molecule has 0 rings (SSSR count). The molecule has 0 saturated heterocycles. The highest BCUT2D eigenvalue weighted by Gasteiger charge is 2.23. The second-order valence-corrected chi connectivity index (χ2v) is 11.0. The Labute approximate surface area is 210 Å². The van der Waals surface area contributed by atoms with Crippen molar-refractivity contribution in [2.24, 2.45) is 0 Å². The van der Waals surface area contributed by atoms with Crippen LogP contribution in [0.15, 0.2) is 0 Å². The van der Waals surface area contributed by atoms with Gasteiger partial charge in [0, 0.05) is 19.8 Å². The van der Waals surface area contributed by atoms with Gasteiger partial charge in [-0.05, 0) is 12.8 Å². The average molecular weight is 529 g/mol. The lowest BCUT2D eigenvalue weighted by molar-refractivity contribution is -0.153. The van der Waals surface area contributed by atoms with Gasteiger partial charge in [0.05, 0.1) is 0 Å². The van der Waals surface area contributed by atoms with Crippen molar-refractivity contribution in [1.82, 2.24) is 0 Å². The highest BCUT2D eigenvalue weighted by Crippen LogP contribution is 2.15. The molecule has 0 amide bonds. The summed E-state index contributed by atoms with van der Waals surface area (Å²) >= 11 is 0. The molecule has 0 spiro atoms. The molecule has 7 nitrogen and oxygen atoms in total. The first-order valence-electron chi connectivity index (χ1n) is 13.1. The quantitative estimate of drug-likeness (QED) is 0.0850. The van der Waals surface area contributed by atoms with Crippen molar-refractivity contribution >= 4 is 22.1 Å². The Bertz CT molecular complexity index is 649. The number of ether oxygens (including phenoxy) is 2. The number of esters is 2. The molecule has 208 valence electrons. The van der Waals surface area contributed by atoms with E-state index >= 15 is 0 Å². The van der Waals surface area contributed by atoms with Crippen LogP contribution in [-0.2, 0) is 29.2 Å². The molecule has 0 aliphatic carbocycles. The molecule has 0 aliphatic heterocycles. The lowest BCUT2D eigenvalue weighted by Gasteiger charge is -2.10. The standard InChI is InChI=1S/C25H46F2O7S/c1-25(26,27)22-34-24(29)19-17-15-13-11-9-7-5-3-2-4-6-8-10-12-14-16-18-23(28)33-20-21-35(30,31)32/h2-22H2,1H3,(H,30,31,32). The Morgan fingerprint density at radius 2 is 0.971 bits per heavy atom. The van der Waals surface area contributed by atoms with E-state index in [0.717, 1.165) is 51.9 Å². The molecule has 0 aromatic carbocycles. The highest BCUT2D eigenvalue weighted by atomic mass is 32.2. The van der Waals surface area contributed by atoms with Crippen molar-refractivity contribution in [1.29, 1.82) is 0 Å². The number of carbonyl (C=O) groups is 2. The molecule has 0 saturated carbocycles. The molecule has 0 atom stereocenters. The van der Waals surface area contributed by atoms with Crippen molar-refractivity contribution in [3.63, 3.8) is 0 Å². The summed E-state index contributed by atoms with van der Waals surface area (Å²) in [5, 5.41) is 0. The van der Waals surface area contributed by atoms with Crippen molar-refractivity contribution < 1.29 is 40.8 Å². The smallest absolute Gasteiger partial charge is 0.305 e. The maximum atomic E-state index is 12.6. The minimum Gasteiger partial charge on any atom is -0.464 e. The SMILES string of the molecule is CC(F)(F)COC(=O)CCCCCCCCCCCCCCCCCCC(=O)OCCS(=O)(=O)O. The van der Waals surface area contributed by atoms with Crippen molar-refractivity contribution in [2.45, 2.75) is 128 Å². The number of hydrogen-bond acceptors (Lipinski definition) is 6. The molecule has 1 N–H and O–H groups in total. The van der Waals surface area contributed by atoms with Crippen molar-refractivity contribution in [3.05, 3.63) is 0 Å². The predicted octanol–water partition coefficient (Wildman–Crippen LogP) is 6.64. The topological polar surface area (TPSA) is 107 Å². The zero-order valence-corrected chi connectivity index (χ0v) is 22.2. The summed E-state index contributed by atoms with van der Waals surface area (Å²) in [7, 11) is -4.08. The molecule has 0 aromatic heterocycles. The van der Waals surface area contributed by atoms with Gasteiger partial charge in [-0.1, -0.05) is 89.9 Å². The highest BCUT2D eigenvalue weighted by molar-refractivity contribution is 7.85. The van der Waals surface area contributed by atoms with Crippen LogP contribution in [0, 0.1) is 0 Å². The fourth-order valence-electron chi connectivity index (χ4n) is 3.63. The van der Waals surface area contributed by atoms with Crippen LogP contribution >= 0.6 is 0 Å². The summed E-state index contributed by atoms with van der Waals surface area (Å²) in [6, 6.07) is 0. The maximum Gasteiger partial charge on any atom is 0.305 e. The van der Waals surface area contributed by atoms with Crippen LogP contribution in [0.4, 0.5) is 8.78 Å². The van der Waals surface area contributed by atoms with E-state index in [1.807, 2.05) is 0 Å². The maximum absolute atomic E-state index is 12.6. The van der Waals surface area contributed by atoms with Gasteiger partial charge in [-0.2, -0.15) is 8.42 Å². The van der Waals surface area contributed by atoms with E-state index < -0.39 is 40.3 Å². The third-order valence-electron chi connectivity index (χ3n) is 5.60. The first-order chi connectivity index (χ1) is 16.5. The number of rotatable bonds is 24. The van der Waals surface area contributed by atoms with Crippen LogP contribution in [-0.4, -0.2) is 49.8 Å². The molecule has 10 heteroatoms. The van der Waals surface area contributed by atoms with E-state index in [1.165, 1.54) is 51.4 Å². The Morgan fingerprint density at radius 1 is 0.657 bits per heavy atom. The van der Waals surface area contributed by atoms with E-state index in [1.54, 1.807) is 0 Å². The molecule has 0 heterocycles. The normalized spacial score (nSPS) is 12.0. The summed E-state index contributed by atoms with van der Waals surface area (Å²) in [6.07, 6.45) is 18.1. The van der Waals surface area contributed by atoms with E-state index in [-0.39, 0.29) is 19.4 Å². The van der Waals surface area contributed by atoms with Gasteiger partial charge in [0.1, 0.15) is 12.4 Å². The van der Waals surface area contributed by atoms with Crippen molar-refractivity contribution in [3.8, 4) is 0 Å². The lowest BCUT2D eigenvalue weighted by atomic mass is 10.0. The largest absolute Gasteiger partial charge is 0.464 e. The van der Waals surface area contributed by atoms with Crippen LogP contribution < -0.4 is 0 Å². The molecular formula is C25H46F2O7S. The molecule has 35 heavy (non-hydrogen) atoms. The van der Waals surface area contributed by atoms with Gasteiger partial charge in [0.2, 0.25) is 0 Å². The minimum atomic E-state index is -4.08. The predicted molar refractivity (Wildman–Crippen MR) is 132 cm³/mol. The average Bonchev–Trinajstić information content (AvgIpc) is 2.75. The van der Waals surface area contributed by atoms with Gasteiger partial charge in [-0.25, -0.2) is 8.78 Å². The second kappa shape index (κ2) is 20.9. The van der Waals surface area contributed by atoms with Gasteiger partial charge in [0.15, 0.2) is 6.61 Å². The molecule has 0 unspecified atom stereocenters. The van der Waals surface area contributed by atoms with Gasteiger partial charge < -0.3 is 9.47 Å². The van der Waals surface area contributed by atoms with E-state index in [9.17, 15) is 26.8 Å². The Kier molecular flexibility index (Phi) is 20.1. The molecule has 0 fully saturated rings. The summed E-state index contributed by atoms with van der Waals surface area (Å²) in [4.78, 5) is 22.8. The van der Waals surface area contributed by atoms with Crippen LogP contribution in [0.1, 0.15) is 122 Å². The molecule has 0 aromatic rings. The van der Waals surface area contributed by atoms with Crippen LogP contribution in [0.3, 0.4) is 0 Å². The Balaban J connectivity index is 3.24. The molecular weight excluding hydrogens is 482 g/mol. The number of hydrogen-bond donors (Lipinski definition) is 1. The fraction of sp³-hybridized carbons (Fsp3) is 0.920. The second-order valence-electron chi connectivity index (χ2n) is 9.39. The summed E-state index contributed by atoms with van der Waals surface area (Å²) < 4.78 is 64.1. The first kappa shape index (κ1) is 33.7. The Hall–Kier alpha value is -1.29.